The number of alkyl halides is 6. The molecule has 0 aliphatic heterocycles. The van der Waals surface area contributed by atoms with Crippen molar-refractivity contribution in [2.45, 2.75) is 24.5 Å². The van der Waals surface area contributed by atoms with Crippen molar-refractivity contribution in [2.75, 3.05) is 0 Å². The SMILES string of the molecule is CC[n+]1cn(C)c2c(=O)n(C)c(=O)n(C)c21.O=S(=O)([N-]S(=O)(=O)C(F)(F)F)C(F)(F)F. The van der Waals surface area contributed by atoms with Crippen molar-refractivity contribution in [1.29, 1.82) is 0 Å². The first-order valence-corrected chi connectivity index (χ1v) is 10.6. The highest BCUT2D eigenvalue weighted by atomic mass is 32.3. The second kappa shape index (κ2) is 8.26. The summed E-state index contributed by atoms with van der Waals surface area (Å²) in [6.45, 7) is 2.69. The van der Waals surface area contributed by atoms with Crippen LogP contribution in [0.3, 0.4) is 0 Å². The van der Waals surface area contributed by atoms with E-state index in [4.69, 9.17) is 0 Å². The highest BCUT2D eigenvalue weighted by molar-refractivity contribution is 8.13. The number of imidazole rings is 1. The number of sulfonamides is 2. The Balaban J connectivity index is 0.000000311. The lowest BCUT2D eigenvalue weighted by Crippen LogP contribution is -2.42. The average molecular weight is 503 g/mol. The van der Waals surface area contributed by atoms with Crippen LogP contribution in [-0.2, 0) is 47.7 Å². The fourth-order valence-corrected chi connectivity index (χ4v) is 3.93. The van der Waals surface area contributed by atoms with E-state index in [1.807, 2.05) is 17.8 Å². The van der Waals surface area contributed by atoms with E-state index < -0.39 is 31.1 Å². The zero-order chi connectivity index (χ0) is 24.7. The topological polar surface area (TPSA) is 135 Å². The predicted octanol–water partition coefficient (Wildman–Crippen LogP) is -0.0576. The van der Waals surface area contributed by atoms with Gasteiger partial charge in [-0.25, -0.2) is 35.3 Å². The number of rotatable bonds is 3. The third-order valence-corrected chi connectivity index (χ3v) is 6.41. The van der Waals surface area contributed by atoms with Gasteiger partial charge in [0.05, 0.1) is 20.6 Å². The Morgan fingerprint density at radius 3 is 1.68 bits per heavy atom. The summed E-state index contributed by atoms with van der Waals surface area (Å²) in [4.78, 5) is 23.8. The Morgan fingerprint density at radius 2 is 1.32 bits per heavy atom. The summed E-state index contributed by atoms with van der Waals surface area (Å²) in [5, 5.41) is 0. The van der Waals surface area contributed by atoms with Crippen molar-refractivity contribution in [1.82, 2.24) is 13.7 Å². The molecule has 0 bridgehead atoms. The summed E-state index contributed by atoms with van der Waals surface area (Å²) < 4.78 is 115. The van der Waals surface area contributed by atoms with E-state index in [0.29, 0.717) is 11.2 Å². The van der Waals surface area contributed by atoms with Crippen LogP contribution >= 0.6 is 0 Å². The Kier molecular flexibility index (Phi) is 7.10. The first kappa shape index (κ1) is 26.6. The minimum absolute atomic E-state index is 0.257. The number of aromatic nitrogens is 4. The molecule has 0 radical (unpaired) electrons. The minimum atomic E-state index is -6.72. The Labute approximate surface area is 170 Å². The molecule has 2 rings (SSSR count). The van der Waals surface area contributed by atoms with Gasteiger partial charge in [-0.2, -0.15) is 26.3 Å². The first-order chi connectivity index (χ1) is 13.7. The van der Waals surface area contributed by atoms with Crippen LogP contribution in [0.4, 0.5) is 26.3 Å². The van der Waals surface area contributed by atoms with Gasteiger partial charge in [0.1, 0.15) is 0 Å². The summed E-state index contributed by atoms with van der Waals surface area (Å²) >= 11 is 0. The molecule has 2 heterocycles. The van der Waals surface area contributed by atoms with Gasteiger partial charge in [0.15, 0.2) is 26.4 Å². The highest BCUT2D eigenvalue weighted by Crippen LogP contribution is 2.36. The van der Waals surface area contributed by atoms with E-state index in [1.54, 1.807) is 18.7 Å². The van der Waals surface area contributed by atoms with Gasteiger partial charge < -0.3 is 4.13 Å². The lowest BCUT2D eigenvalue weighted by molar-refractivity contribution is -0.671. The molecule has 178 valence electrons. The molecule has 11 nitrogen and oxygen atoms in total. The summed E-state index contributed by atoms with van der Waals surface area (Å²) in [6, 6.07) is 0. The van der Waals surface area contributed by atoms with E-state index in [9.17, 15) is 52.8 Å². The molecule has 2 aromatic heterocycles. The standard InChI is InChI=1S/C10H15N4O2.C2F6NO4S2/c1-5-14-6-11(2)7-8(14)12(3)10(16)13(4)9(7)15;3-1(4,5)14(10,11)9-15(12,13)2(6,7)8/h6H,5H2,1-4H3;/q+1;-1. The maximum atomic E-state index is 12.0. The van der Waals surface area contributed by atoms with Crippen molar-refractivity contribution in [3.05, 3.63) is 31.3 Å². The summed E-state index contributed by atoms with van der Waals surface area (Å²) in [5.41, 5.74) is -11.8. The molecule has 0 aromatic carbocycles. The lowest BCUT2D eigenvalue weighted by atomic mass is 10.5. The Morgan fingerprint density at radius 1 is 0.903 bits per heavy atom. The van der Waals surface area contributed by atoms with Crippen LogP contribution in [0.5, 0.6) is 0 Å². The van der Waals surface area contributed by atoms with Gasteiger partial charge in [0, 0.05) is 7.05 Å². The Bertz CT molecular complexity index is 1280. The maximum absolute atomic E-state index is 12.0. The number of nitrogens with zero attached hydrogens (tertiary/aromatic N) is 5. The van der Waals surface area contributed by atoms with Crippen LogP contribution in [0.15, 0.2) is 15.9 Å². The van der Waals surface area contributed by atoms with E-state index in [1.165, 1.54) is 11.6 Å². The lowest BCUT2D eigenvalue weighted by Gasteiger charge is -2.22. The van der Waals surface area contributed by atoms with Gasteiger partial charge >= 0.3 is 22.3 Å². The van der Waals surface area contributed by atoms with Crippen LogP contribution in [0.25, 0.3) is 15.3 Å². The predicted molar refractivity (Wildman–Crippen MR) is 92.6 cm³/mol. The molecule has 0 spiro atoms. The van der Waals surface area contributed by atoms with Crippen molar-refractivity contribution in [3.8, 4) is 0 Å². The van der Waals surface area contributed by atoms with Gasteiger partial charge in [-0.15, -0.1) is 0 Å². The number of hydrogen-bond acceptors (Lipinski definition) is 6. The molecule has 0 aliphatic carbocycles. The number of hydrogen-bond donors (Lipinski definition) is 0. The number of aryl methyl sites for hydroxylation is 3. The third-order valence-electron chi connectivity index (χ3n) is 3.67. The van der Waals surface area contributed by atoms with Crippen LogP contribution < -0.4 is 15.8 Å². The fourth-order valence-electron chi connectivity index (χ4n) is 2.22. The molecule has 0 fully saturated rings. The zero-order valence-electron chi connectivity index (χ0n) is 16.1. The first-order valence-electron chi connectivity index (χ1n) is 7.71. The van der Waals surface area contributed by atoms with E-state index >= 15 is 0 Å². The molecular formula is C12H15F6N5O6S2. The van der Waals surface area contributed by atoms with Gasteiger partial charge in [-0.3, -0.25) is 9.36 Å². The van der Waals surface area contributed by atoms with Crippen LogP contribution in [0, 0.1) is 0 Å². The summed E-state index contributed by atoms with van der Waals surface area (Å²) in [6.07, 6.45) is 1.82. The summed E-state index contributed by atoms with van der Waals surface area (Å²) in [5.74, 6) is 0. The second-order valence-corrected chi connectivity index (χ2v) is 9.23. The molecule has 0 saturated heterocycles. The third kappa shape index (κ3) is 5.09. The molecular weight excluding hydrogens is 488 g/mol. The van der Waals surface area contributed by atoms with Crippen molar-refractivity contribution >= 4 is 31.2 Å². The van der Waals surface area contributed by atoms with Gasteiger partial charge in [-0.1, -0.05) is 0 Å². The summed E-state index contributed by atoms with van der Waals surface area (Å²) in [7, 11) is -8.47. The van der Waals surface area contributed by atoms with Crippen LogP contribution in [0.2, 0.25) is 0 Å². The smallest absolute Gasteiger partial charge is 0.421 e. The molecule has 0 saturated carbocycles. The zero-order valence-corrected chi connectivity index (χ0v) is 17.7. The van der Waals surface area contributed by atoms with E-state index in [2.05, 4.69) is 0 Å². The molecule has 0 N–H and O–H groups in total. The van der Waals surface area contributed by atoms with Crippen molar-refractivity contribution in [2.24, 2.45) is 21.1 Å². The average Bonchev–Trinajstić information content (AvgIpc) is 2.92. The number of halogens is 6. The van der Waals surface area contributed by atoms with E-state index in [0.717, 1.165) is 15.2 Å². The molecule has 0 unspecified atom stereocenters. The van der Waals surface area contributed by atoms with Crippen LogP contribution in [-0.4, -0.2) is 41.6 Å². The quantitative estimate of drug-likeness (QED) is 0.426. The number of fused-ring (bicyclic) bond motifs is 1. The van der Waals surface area contributed by atoms with Gasteiger partial charge in [0.25, 0.3) is 5.65 Å². The van der Waals surface area contributed by atoms with Crippen molar-refractivity contribution in [3.63, 3.8) is 0 Å². The highest BCUT2D eigenvalue weighted by Gasteiger charge is 2.46. The van der Waals surface area contributed by atoms with Crippen molar-refractivity contribution < 1.29 is 47.7 Å². The van der Waals surface area contributed by atoms with Gasteiger partial charge in [0.2, 0.25) is 5.52 Å². The monoisotopic (exact) mass is 503 g/mol. The molecule has 0 atom stereocenters. The molecule has 31 heavy (non-hydrogen) atoms. The molecule has 0 amide bonds. The fraction of sp³-hybridized carbons (Fsp3) is 0.583. The maximum Gasteiger partial charge on any atom is 0.480 e. The Hall–Kier alpha value is -2.41. The van der Waals surface area contributed by atoms with E-state index in [-0.39, 0.29) is 11.2 Å². The molecule has 0 aliphatic rings. The van der Waals surface area contributed by atoms with Gasteiger partial charge in [-0.05, 0) is 6.92 Å². The largest absolute Gasteiger partial charge is 0.480 e. The minimum Gasteiger partial charge on any atom is -0.421 e. The van der Waals surface area contributed by atoms with Crippen LogP contribution in [0.1, 0.15) is 6.92 Å². The second-order valence-electron chi connectivity index (χ2n) is 5.81. The molecule has 2 aromatic rings. The normalized spacial score (nSPS) is 13.2. The molecule has 19 heteroatoms.